The molecule has 2 rings (SSSR count). The van der Waals surface area contributed by atoms with Crippen molar-refractivity contribution in [2.24, 2.45) is 5.41 Å². The Kier molecular flexibility index (Phi) is 3.69. The first-order valence-electron chi connectivity index (χ1n) is 5.82. The molecule has 0 unspecified atom stereocenters. The Hall–Kier alpha value is -1.06. The largest absolute Gasteiger partial charge is 0.481 e. The van der Waals surface area contributed by atoms with Gasteiger partial charge in [-0.2, -0.15) is 0 Å². The van der Waals surface area contributed by atoms with Gasteiger partial charge in [-0.05, 0) is 44.0 Å². The van der Waals surface area contributed by atoms with Gasteiger partial charge in [0.05, 0.1) is 5.41 Å². The molecule has 1 aromatic rings. The second-order valence-corrected chi connectivity index (χ2v) is 5.01. The topological polar surface area (TPSA) is 49.3 Å². The van der Waals surface area contributed by atoms with E-state index < -0.39 is 11.4 Å². The van der Waals surface area contributed by atoms with Gasteiger partial charge in [-0.1, -0.05) is 29.8 Å². The number of carboxylic acid groups (broad SMARTS) is 1. The lowest BCUT2D eigenvalue weighted by molar-refractivity contribution is -0.150. The number of halogens is 1. The van der Waals surface area contributed by atoms with Crippen molar-refractivity contribution < 1.29 is 9.90 Å². The Balaban J connectivity index is 2.24. The SMILES string of the molecule is O=C(O)C1(Cc2ccccc2Cl)CCNCC1. The monoisotopic (exact) mass is 253 g/mol. The highest BCUT2D eigenvalue weighted by atomic mass is 35.5. The van der Waals surface area contributed by atoms with Gasteiger partial charge in [0.15, 0.2) is 0 Å². The van der Waals surface area contributed by atoms with Crippen LogP contribution in [0.25, 0.3) is 0 Å². The van der Waals surface area contributed by atoms with E-state index in [9.17, 15) is 9.90 Å². The molecule has 0 aromatic heterocycles. The first-order chi connectivity index (χ1) is 8.14. The highest BCUT2D eigenvalue weighted by Gasteiger charge is 2.39. The Bertz CT molecular complexity index is 414. The molecule has 1 aromatic carbocycles. The highest BCUT2D eigenvalue weighted by Crippen LogP contribution is 2.35. The number of aliphatic carboxylic acids is 1. The minimum absolute atomic E-state index is 0.518. The Morgan fingerprint density at radius 1 is 1.35 bits per heavy atom. The maximum Gasteiger partial charge on any atom is 0.310 e. The number of piperidine rings is 1. The first kappa shape index (κ1) is 12.4. The quantitative estimate of drug-likeness (QED) is 0.869. The van der Waals surface area contributed by atoms with E-state index in [0.717, 1.165) is 18.7 Å². The van der Waals surface area contributed by atoms with E-state index >= 15 is 0 Å². The fourth-order valence-corrected chi connectivity index (χ4v) is 2.58. The molecule has 17 heavy (non-hydrogen) atoms. The second kappa shape index (κ2) is 5.07. The zero-order valence-corrected chi connectivity index (χ0v) is 10.3. The van der Waals surface area contributed by atoms with Crippen LogP contribution in [0.2, 0.25) is 5.02 Å². The third-order valence-corrected chi connectivity index (χ3v) is 3.87. The van der Waals surface area contributed by atoms with Gasteiger partial charge < -0.3 is 10.4 Å². The molecule has 92 valence electrons. The molecule has 0 spiro atoms. The average molecular weight is 254 g/mol. The summed E-state index contributed by atoms with van der Waals surface area (Å²) in [5.74, 6) is -0.709. The van der Waals surface area contributed by atoms with E-state index in [1.807, 2.05) is 24.3 Å². The number of carbonyl (C=O) groups is 1. The summed E-state index contributed by atoms with van der Waals surface area (Å²) in [5, 5.41) is 13.3. The lowest BCUT2D eigenvalue weighted by Gasteiger charge is -2.33. The lowest BCUT2D eigenvalue weighted by atomic mass is 9.74. The molecule has 2 N–H and O–H groups in total. The number of hydrogen-bond acceptors (Lipinski definition) is 2. The molecule has 0 radical (unpaired) electrons. The first-order valence-corrected chi connectivity index (χ1v) is 6.19. The van der Waals surface area contributed by atoms with Gasteiger partial charge in [0.2, 0.25) is 0 Å². The van der Waals surface area contributed by atoms with E-state index in [4.69, 9.17) is 11.6 Å². The van der Waals surface area contributed by atoms with Crippen LogP contribution in [0, 0.1) is 5.41 Å². The van der Waals surface area contributed by atoms with E-state index in [2.05, 4.69) is 5.32 Å². The predicted molar refractivity (Wildman–Crippen MR) is 67.3 cm³/mol. The standard InChI is InChI=1S/C13H16ClNO2/c14-11-4-2-1-3-10(11)9-13(12(16)17)5-7-15-8-6-13/h1-4,15H,5-9H2,(H,16,17). The zero-order valence-electron chi connectivity index (χ0n) is 9.58. The third-order valence-electron chi connectivity index (χ3n) is 3.50. The number of carboxylic acids is 1. The van der Waals surface area contributed by atoms with E-state index in [0.29, 0.717) is 24.3 Å². The van der Waals surface area contributed by atoms with E-state index in [1.54, 1.807) is 0 Å². The van der Waals surface area contributed by atoms with Crippen molar-refractivity contribution in [2.75, 3.05) is 13.1 Å². The van der Waals surface area contributed by atoms with Crippen LogP contribution in [-0.4, -0.2) is 24.2 Å². The number of benzene rings is 1. The summed E-state index contributed by atoms with van der Waals surface area (Å²) in [6.45, 7) is 1.52. The summed E-state index contributed by atoms with van der Waals surface area (Å²) in [6, 6.07) is 7.49. The van der Waals surface area contributed by atoms with Crippen LogP contribution < -0.4 is 5.32 Å². The van der Waals surface area contributed by atoms with Crippen molar-refractivity contribution in [2.45, 2.75) is 19.3 Å². The third kappa shape index (κ3) is 2.61. The molecule has 1 saturated heterocycles. The Morgan fingerprint density at radius 2 is 2.00 bits per heavy atom. The van der Waals surface area contributed by atoms with Crippen molar-refractivity contribution in [1.29, 1.82) is 0 Å². The van der Waals surface area contributed by atoms with Crippen LogP contribution in [0.5, 0.6) is 0 Å². The van der Waals surface area contributed by atoms with E-state index in [1.165, 1.54) is 0 Å². The fourth-order valence-electron chi connectivity index (χ4n) is 2.38. The van der Waals surface area contributed by atoms with Gasteiger partial charge in [0.1, 0.15) is 0 Å². The highest BCUT2D eigenvalue weighted by molar-refractivity contribution is 6.31. The second-order valence-electron chi connectivity index (χ2n) is 4.60. The van der Waals surface area contributed by atoms with Crippen LogP contribution in [-0.2, 0) is 11.2 Å². The van der Waals surface area contributed by atoms with Gasteiger partial charge in [-0.15, -0.1) is 0 Å². The lowest BCUT2D eigenvalue weighted by Crippen LogP contribution is -2.43. The van der Waals surface area contributed by atoms with Gasteiger partial charge in [0.25, 0.3) is 0 Å². The van der Waals surface area contributed by atoms with Gasteiger partial charge in [0, 0.05) is 5.02 Å². The Morgan fingerprint density at radius 3 is 2.59 bits per heavy atom. The average Bonchev–Trinajstić information content (AvgIpc) is 2.33. The molecule has 1 aliphatic rings. The van der Waals surface area contributed by atoms with Crippen LogP contribution in [0.3, 0.4) is 0 Å². The van der Waals surface area contributed by atoms with Crippen LogP contribution in [0.15, 0.2) is 24.3 Å². The van der Waals surface area contributed by atoms with Crippen molar-refractivity contribution in [3.8, 4) is 0 Å². The molecule has 1 aliphatic heterocycles. The van der Waals surface area contributed by atoms with E-state index in [-0.39, 0.29) is 0 Å². The van der Waals surface area contributed by atoms with Crippen LogP contribution in [0.4, 0.5) is 0 Å². The van der Waals surface area contributed by atoms with Crippen molar-refractivity contribution in [3.05, 3.63) is 34.9 Å². The van der Waals surface area contributed by atoms with Crippen LogP contribution in [0.1, 0.15) is 18.4 Å². The Labute approximate surface area is 106 Å². The van der Waals surface area contributed by atoms with Crippen LogP contribution >= 0.6 is 11.6 Å². The van der Waals surface area contributed by atoms with Gasteiger partial charge in [-0.3, -0.25) is 4.79 Å². The number of hydrogen-bond donors (Lipinski definition) is 2. The number of rotatable bonds is 3. The molecule has 0 aliphatic carbocycles. The maximum atomic E-state index is 11.5. The van der Waals surface area contributed by atoms with Crippen molar-refractivity contribution in [1.82, 2.24) is 5.32 Å². The summed E-state index contributed by atoms with van der Waals surface area (Å²) in [7, 11) is 0. The molecule has 1 heterocycles. The zero-order chi connectivity index (χ0) is 12.3. The maximum absolute atomic E-state index is 11.5. The predicted octanol–water partition coefficient (Wildman–Crippen LogP) is 2.34. The summed E-state index contributed by atoms with van der Waals surface area (Å²) in [5.41, 5.74) is 0.273. The molecule has 0 bridgehead atoms. The summed E-state index contributed by atoms with van der Waals surface area (Å²) in [4.78, 5) is 11.5. The summed E-state index contributed by atoms with van der Waals surface area (Å²) in [6.07, 6.45) is 1.84. The smallest absolute Gasteiger partial charge is 0.310 e. The molecule has 3 nitrogen and oxygen atoms in total. The molecule has 1 fully saturated rings. The minimum atomic E-state index is -0.709. The summed E-state index contributed by atoms with van der Waals surface area (Å²) < 4.78 is 0. The van der Waals surface area contributed by atoms with Crippen molar-refractivity contribution >= 4 is 17.6 Å². The molecular formula is C13H16ClNO2. The normalized spacial score (nSPS) is 18.9. The van der Waals surface area contributed by atoms with Gasteiger partial charge >= 0.3 is 5.97 Å². The molecule has 0 amide bonds. The minimum Gasteiger partial charge on any atom is -0.481 e. The molecule has 0 saturated carbocycles. The number of nitrogens with one attached hydrogen (secondary N) is 1. The molecule has 0 atom stereocenters. The van der Waals surface area contributed by atoms with Gasteiger partial charge in [-0.25, -0.2) is 0 Å². The summed E-state index contributed by atoms with van der Waals surface area (Å²) >= 11 is 6.10. The molecular weight excluding hydrogens is 238 g/mol. The molecule has 4 heteroatoms. The van der Waals surface area contributed by atoms with Crippen molar-refractivity contribution in [3.63, 3.8) is 0 Å². The fraction of sp³-hybridized carbons (Fsp3) is 0.462.